The lowest BCUT2D eigenvalue weighted by atomic mass is 10.1. The summed E-state index contributed by atoms with van der Waals surface area (Å²) >= 11 is 0. The fourth-order valence-corrected chi connectivity index (χ4v) is 3.25. The first-order chi connectivity index (χ1) is 10.8. The van der Waals surface area contributed by atoms with Crippen molar-refractivity contribution in [3.8, 4) is 11.3 Å². The van der Waals surface area contributed by atoms with Crippen molar-refractivity contribution in [2.24, 2.45) is 0 Å². The molecule has 0 N–H and O–H groups in total. The maximum atomic E-state index is 4.75. The highest BCUT2D eigenvalue weighted by atomic mass is 15.3. The number of aryl methyl sites for hydroxylation is 1. The number of aromatic nitrogens is 3. The molecule has 0 spiro atoms. The van der Waals surface area contributed by atoms with E-state index in [4.69, 9.17) is 5.10 Å². The summed E-state index contributed by atoms with van der Waals surface area (Å²) in [7, 11) is 0. The summed E-state index contributed by atoms with van der Waals surface area (Å²) in [6.45, 7) is 4.32. The third-order valence-corrected chi connectivity index (χ3v) is 4.45. The maximum absolute atomic E-state index is 4.75. The van der Waals surface area contributed by atoms with E-state index < -0.39 is 0 Å². The number of nitrogens with zero attached hydrogens (tertiary/aromatic N) is 4. The zero-order chi connectivity index (χ0) is 14.9. The Bertz CT molecular complexity index is 800. The number of piperidine rings is 1. The number of benzene rings is 1. The minimum atomic E-state index is 1.02. The largest absolute Gasteiger partial charge is 0.355 e. The normalized spacial score (nSPS) is 15.4. The van der Waals surface area contributed by atoms with E-state index in [0.29, 0.717) is 0 Å². The van der Waals surface area contributed by atoms with Crippen molar-refractivity contribution < 1.29 is 0 Å². The predicted octanol–water partition coefficient (Wildman–Crippen LogP) is 3.70. The molecule has 1 fully saturated rings. The van der Waals surface area contributed by atoms with Crippen molar-refractivity contribution in [2.75, 3.05) is 18.0 Å². The van der Waals surface area contributed by atoms with Crippen molar-refractivity contribution in [2.45, 2.75) is 26.2 Å². The van der Waals surface area contributed by atoms with Gasteiger partial charge in [0.05, 0.1) is 5.69 Å². The van der Waals surface area contributed by atoms with Crippen LogP contribution in [0.1, 0.15) is 24.8 Å². The number of fused-ring (bicyclic) bond motifs is 1. The van der Waals surface area contributed by atoms with E-state index in [2.05, 4.69) is 47.1 Å². The lowest BCUT2D eigenvalue weighted by molar-refractivity contribution is 0.574. The third kappa shape index (κ3) is 2.25. The first kappa shape index (κ1) is 13.3. The Morgan fingerprint density at radius 1 is 1.05 bits per heavy atom. The Labute approximate surface area is 130 Å². The van der Waals surface area contributed by atoms with Gasteiger partial charge >= 0.3 is 0 Å². The predicted molar refractivity (Wildman–Crippen MR) is 89.2 cm³/mol. The van der Waals surface area contributed by atoms with Crippen molar-refractivity contribution in [1.82, 2.24) is 14.6 Å². The Hall–Kier alpha value is -2.36. The van der Waals surface area contributed by atoms with E-state index in [1.165, 1.54) is 30.4 Å². The SMILES string of the molecule is Cc1ccccc1-c1cc2c(N3CCCCC3)nccn2n1. The van der Waals surface area contributed by atoms with Crippen LogP contribution in [0.25, 0.3) is 16.8 Å². The van der Waals surface area contributed by atoms with Gasteiger partial charge in [-0.05, 0) is 37.8 Å². The molecule has 0 amide bonds. The van der Waals surface area contributed by atoms with Crippen LogP contribution in [0.4, 0.5) is 5.82 Å². The first-order valence-electron chi connectivity index (χ1n) is 7.98. The molecule has 0 radical (unpaired) electrons. The van der Waals surface area contributed by atoms with E-state index in [1.807, 2.05) is 16.9 Å². The molecule has 3 aromatic rings. The molecule has 22 heavy (non-hydrogen) atoms. The van der Waals surface area contributed by atoms with Gasteiger partial charge in [0, 0.05) is 31.0 Å². The molecular weight excluding hydrogens is 272 g/mol. The van der Waals surface area contributed by atoms with Crippen molar-refractivity contribution in [1.29, 1.82) is 0 Å². The second-order valence-corrected chi connectivity index (χ2v) is 5.97. The van der Waals surface area contributed by atoms with Crippen molar-refractivity contribution in [3.63, 3.8) is 0 Å². The summed E-state index contributed by atoms with van der Waals surface area (Å²) in [5, 5.41) is 4.75. The van der Waals surface area contributed by atoms with Gasteiger partial charge in [-0.25, -0.2) is 9.50 Å². The Kier molecular flexibility index (Phi) is 3.29. The molecule has 4 nitrogen and oxygen atoms in total. The van der Waals surface area contributed by atoms with Crippen LogP contribution >= 0.6 is 0 Å². The second-order valence-electron chi connectivity index (χ2n) is 5.97. The highest BCUT2D eigenvalue weighted by Gasteiger charge is 2.17. The summed E-state index contributed by atoms with van der Waals surface area (Å²) in [6.07, 6.45) is 7.62. The molecule has 112 valence electrons. The maximum Gasteiger partial charge on any atom is 0.154 e. The van der Waals surface area contributed by atoms with Crippen LogP contribution in [-0.2, 0) is 0 Å². The van der Waals surface area contributed by atoms with E-state index in [9.17, 15) is 0 Å². The highest BCUT2D eigenvalue weighted by molar-refractivity contribution is 5.76. The number of hydrogen-bond acceptors (Lipinski definition) is 3. The minimum Gasteiger partial charge on any atom is -0.355 e. The van der Waals surface area contributed by atoms with Crippen LogP contribution in [-0.4, -0.2) is 27.7 Å². The van der Waals surface area contributed by atoms with Crippen LogP contribution in [0.5, 0.6) is 0 Å². The Morgan fingerprint density at radius 3 is 2.68 bits per heavy atom. The van der Waals surface area contributed by atoms with Gasteiger partial charge in [-0.1, -0.05) is 24.3 Å². The van der Waals surface area contributed by atoms with E-state index in [-0.39, 0.29) is 0 Å². The summed E-state index contributed by atoms with van der Waals surface area (Å²) in [4.78, 5) is 7.02. The van der Waals surface area contributed by atoms with Crippen molar-refractivity contribution in [3.05, 3.63) is 48.3 Å². The van der Waals surface area contributed by atoms with Gasteiger partial charge in [0.15, 0.2) is 5.82 Å². The summed E-state index contributed by atoms with van der Waals surface area (Å²) in [6, 6.07) is 10.6. The molecule has 0 atom stereocenters. The standard InChI is InChI=1S/C18H20N4/c1-14-7-3-4-8-15(14)16-13-17-18(19-9-12-22(17)20-16)21-10-5-2-6-11-21/h3-4,7-9,12-13H,2,5-6,10-11H2,1H3. The molecule has 1 aliphatic heterocycles. The summed E-state index contributed by atoms with van der Waals surface area (Å²) in [5.74, 6) is 1.06. The molecule has 1 aliphatic rings. The van der Waals surface area contributed by atoms with Gasteiger partial charge in [-0.3, -0.25) is 0 Å². The van der Waals surface area contributed by atoms with Gasteiger partial charge < -0.3 is 4.90 Å². The van der Waals surface area contributed by atoms with Gasteiger partial charge in [0.1, 0.15) is 5.52 Å². The minimum absolute atomic E-state index is 1.02. The van der Waals surface area contributed by atoms with Crippen LogP contribution in [0.15, 0.2) is 42.7 Å². The average molecular weight is 292 g/mol. The fourth-order valence-electron chi connectivity index (χ4n) is 3.25. The lowest BCUT2D eigenvalue weighted by Gasteiger charge is -2.27. The van der Waals surface area contributed by atoms with Crippen LogP contribution in [0.2, 0.25) is 0 Å². The van der Waals surface area contributed by atoms with Crippen LogP contribution in [0, 0.1) is 6.92 Å². The van der Waals surface area contributed by atoms with E-state index in [1.54, 1.807) is 0 Å². The molecule has 1 aromatic carbocycles. The Morgan fingerprint density at radius 2 is 1.86 bits per heavy atom. The molecule has 1 saturated heterocycles. The van der Waals surface area contributed by atoms with Gasteiger partial charge in [0.25, 0.3) is 0 Å². The monoisotopic (exact) mass is 292 g/mol. The smallest absolute Gasteiger partial charge is 0.154 e. The van der Waals surface area contributed by atoms with Gasteiger partial charge in [0.2, 0.25) is 0 Å². The number of anilines is 1. The average Bonchev–Trinajstić information content (AvgIpc) is 3.00. The zero-order valence-electron chi connectivity index (χ0n) is 12.9. The fraction of sp³-hybridized carbons (Fsp3) is 0.333. The summed E-state index contributed by atoms with van der Waals surface area (Å²) < 4.78 is 1.96. The topological polar surface area (TPSA) is 33.4 Å². The molecule has 0 aliphatic carbocycles. The van der Waals surface area contributed by atoms with E-state index >= 15 is 0 Å². The third-order valence-electron chi connectivity index (χ3n) is 4.45. The molecule has 4 heteroatoms. The zero-order valence-corrected chi connectivity index (χ0v) is 12.9. The molecule has 4 rings (SSSR count). The molecule has 0 bridgehead atoms. The van der Waals surface area contributed by atoms with Crippen LogP contribution < -0.4 is 4.90 Å². The van der Waals surface area contributed by atoms with E-state index in [0.717, 1.165) is 30.1 Å². The molecule has 2 aromatic heterocycles. The summed E-state index contributed by atoms with van der Waals surface area (Å²) in [5.41, 5.74) is 4.56. The number of rotatable bonds is 2. The van der Waals surface area contributed by atoms with Crippen LogP contribution in [0.3, 0.4) is 0 Å². The molecule has 3 heterocycles. The first-order valence-corrected chi connectivity index (χ1v) is 7.98. The lowest BCUT2D eigenvalue weighted by Crippen LogP contribution is -2.30. The van der Waals surface area contributed by atoms with Crippen molar-refractivity contribution >= 4 is 11.3 Å². The molecule has 0 unspecified atom stereocenters. The number of hydrogen-bond donors (Lipinski definition) is 0. The Balaban J connectivity index is 1.82. The van der Waals surface area contributed by atoms with Gasteiger partial charge in [-0.15, -0.1) is 0 Å². The molecular formula is C18H20N4. The quantitative estimate of drug-likeness (QED) is 0.722. The molecule has 0 saturated carbocycles. The highest BCUT2D eigenvalue weighted by Crippen LogP contribution is 2.28. The second kappa shape index (κ2) is 5.44. The van der Waals surface area contributed by atoms with Gasteiger partial charge in [-0.2, -0.15) is 5.10 Å².